The van der Waals surface area contributed by atoms with Crippen molar-refractivity contribution in [2.24, 2.45) is 0 Å². The van der Waals surface area contributed by atoms with Gasteiger partial charge in [0.25, 0.3) is 0 Å². The molecule has 0 saturated heterocycles. The van der Waals surface area contributed by atoms with Crippen LogP contribution in [0.15, 0.2) is 0 Å². The Labute approximate surface area is 49.5 Å². The van der Waals surface area contributed by atoms with Crippen molar-refractivity contribution in [2.75, 3.05) is 0 Å². The van der Waals surface area contributed by atoms with Crippen LogP contribution < -0.4 is 0 Å². The first-order valence-electron chi connectivity index (χ1n) is 2.28. The highest BCUT2D eigenvalue weighted by molar-refractivity contribution is 7.96. The molecule has 0 bridgehead atoms. The molecule has 0 atom stereocenters. The minimum Gasteiger partial charge on any atom is -0.343 e. The lowest BCUT2D eigenvalue weighted by molar-refractivity contribution is -0.110. The molecular weight excluding hydrogens is 108 g/mol. The summed E-state index contributed by atoms with van der Waals surface area (Å²) in [4.78, 5) is 10.0. The maximum absolute atomic E-state index is 10.0. The van der Waals surface area contributed by atoms with E-state index in [0.717, 1.165) is 12.8 Å². The van der Waals surface area contributed by atoms with E-state index in [2.05, 4.69) is 19.6 Å². The first-order valence-corrected chi connectivity index (χ1v) is 2.73. The number of carbonyl (C=O) groups is 1. The van der Waals surface area contributed by atoms with Crippen LogP contribution in [0.3, 0.4) is 0 Å². The molecule has 0 aromatic carbocycles. The zero-order valence-electron chi connectivity index (χ0n) is 4.18. The third-order valence-corrected chi connectivity index (χ3v) is 0.864. The van der Waals surface area contributed by atoms with Crippen molar-refractivity contribution in [1.82, 2.24) is 0 Å². The van der Waals surface area contributed by atoms with Gasteiger partial charge in [0, 0.05) is 6.42 Å². The highest BCUT2D eigenvalue weighted by atomic mass is 32.1. The number of carbonyl (C=O) groups excluding carboxylic acids is 1. The second-order valence-electron chi connectivity index (χ2n) is 1.35. The van der Waals surface area contributed by atoms with Crippen molar-refractivity contribution in [3.8, 4) is 0 Å². The molecule has 0 aliphatic carbocycles. The topological polar surface area (TPSA) is 17.1 Å². The molecule has 0 saturated carbocycles. The van der Waals surface area contributed by atoms with E-state index in [-0.39, 0.29) is 5.12 Å². The molecule has 0 aliphatic heterocycles. The van der Waals surface area contributed by atoms with Gasteiger partial charge in [0.1, 0.15) is 0 Å². The summed E-state index contributed by atoms with van der Waals surface area (Å²) in [6.45, 7) is 3.57. The Hall–Kier alpha value is 0.0200. The van der Waals surface area contributed by atoms with E-state index in [4.69, 9.17) is 0 Å². The Balaban J connectivity index is 2.82. The molecule has 0 radical (unpaired) electrons. The van der Waals surface area contributed by atoms with Gasteiger partial charge in [-0.25, -0.2) is 0 Å². The molecule has 0 amide bonds. The lowest BCUT2D eigenvalue weighted by Gasteiger charge is -1.90. The highest BCUT2D eigenvalue weighted by Crippen LogP contribution is 1.95. The average Bonchev–Trinajstić information content (AvgIpc) is 1.61. The zero-order valence-corrected chi connectivity index (χ0v) is 5.08. The van der Waals surface area contributed by atoms with Gasteiger partial charge < -0.3 is 6.92 Å². The minimum absolute atomic E-state index is 0.0383. The van der Waals surface area contributed by atoms with E-state index in [0.29, 0.717) is 6.42 Å². The fraction of sp³-hybridized carbons (Fsp3) is 0.600. The predicted molar refractivity (Wildman–Crippen MR) is 33.2 cm³/mol. The molecule has 0 spiro atoms. The standard InChI is InChI=1S/C5H9OS/c1-2-3-4-5(6)7/h1-4H2,(H,6,7)/q-1. The summed E-state index contributed by atoms with van der Waals surface area (Å²) in [6.07, 6.45) is 2.25. The summed E-state index contributed by atoms with van der Waals surface area (Å²) in [5, 5.41) is -0.0383. The van der Waals surface area contributed by atoms with E-state index in [1.807, 2.05) is 0 Å². The molecule has 2 heteroatoms. The Kier molecular flexibility index (Phi) is 4.20. The van der Waals surface area contributed by atoms with Crippen molar-refractivity contribution in [1.29, 1.82) is 0 Å². The Morgan fingerprint density at radius 3 is 2.43 bits per heavy atom. The van der Waals surface area contributed by atoms with Gasteiger partial charge in [0.05, 0.1) is 0 Å². The van der Waals surface area contributed by atoms with Crippen molar-refractivity contribution in [2.45, 2.75) is 19.3 Å². The molecule has 0 rings (SSSR count). The smallest absolute Gasteiger partial charge is 0.185 e. The van der Waals surface area contributed by atoms with E-state index >= 15 is 0 Å². The number of thiol groups is 1. The predicted octanol–water partition coefficient (Wildman–Crippen LogP) is 1.45. The molecular formula is C5H9OS-. The van der Waals surface area contributed by atoms with Crippen LogP contribution in [-0.4, -0.2) is 5.12 Å². The van der Waals surface area contributed by atoms with Gasteiger partial charge in [-0.2, -0.15) is 6.42 Å². The third kappa shape index (κ3) is 6.02. The Morgan fingerprint density at radius 1 is 1.71 bits per heavy atom. The molecule has 0 N–H and O–H groups in total. The van der Waals surface area contributed by atoms with Crippen LogP contribution in [-0.2, 0) is 4.79 Å². The second kappa shape index (κ2) is 4.19. The molecule has 0 heterocycles. The van der Waals surface area contributed by atoms with E-state index in [1.54, 1.807) is 0 Å². The molecule has 7 heavy (non-hydrogen) atoms. The van der Waals surface area contributed by atoms with Crippen LogP contribution in [0.5, 0.6) is 0 Å². The fourth-order valence-electron chi connectivity index (χ4n) is 0.276. The third-order valence-electron chi connectivity index (χ3n) is 0.641. The molecule has 0 unspecified atom stereocenters. The number of hydrogen-bond donors (Lipinski definition) is 1. The first kappa shape index (κ1) is 7.02. The minimum atomic E-state index is -0.0383. The monoisotopic (exact) mass is 117 g/mol. The zero-order chi connectivity index (χ0) is 5.70. The van der Waals surface area contributed by atoms with Gasteiger partial charge in [-0.15, -0.1) is 12.6 Å². The van der Waals surface area contributed by atoms with Crippen molar-refractivity contribution in [3.63, 3.8) is 0 Å². The Bertz CT molecular complexity index is 61.1. The van der Waals surface area contributed by atoms with Crippen LogP contribution >= 0.6 is 12.6 Å². The second-order valence-corrected chi connectivity index (χ2v) is 1.85. The molecule has 0 aromatic heterocycles. The number of unbranched alkanes of at least 4 members (excludes halogenated alkanes) is 1. The number of hydrogen-bond acceptors (Lipinski definition) is 1. The lowest BCUT2D eigenvalue weighted by atomic mass is 10.3. The summed E-state index contributed by atoms with van der Waals surface area (Å²) in [5.41, 5.74) is 0. The van der Waals surface area contributed by atoms with Crippen molar-refractivity contribution < 1.29 is 4.79 Å². The molecule has 0 fully saturated rings. The molecule has 42 valence electrons. The normalized spacial score (nSPS) is 8.86. The van der Waals surface area contributed by atoms with Crippen LogP contribution in [0.4, 0.5) is 0 Å². The van der Waals surface area contributed by atoms with E-state index in [1.165, 1.54) is 0 Å². The van der Waals surface area contributed by atoms with Gasteiger partial charge in [-0.1, -0.05) is 6.42 Å². The van der Waals surface area contributed by atoms with Crippen LogP contribution in [0.1, 0.15) is 19.3 Å². The van der Waals surface area contributed by atoms with Gasteiger partial charge >= 0.3 is 0 Å². The highest BCUT2D eigenvalue weighted by Gasteiger charge is 1.86. The van der Waals surface area contributed by atoms with Crippen LogP contribution in [0.2, 0.25) is 0 Å². The van der Waals surface area contributed by atoms with Gasteiger partial charge in [0.2, 0.25) is 0 Å². The summed E-state index contributed by atoms with van der Waals surface area (Å²) in [6, 6.07) is 0. The summed E-state index contributed by atoms with van der Waals surface area (Å²) in [5.74, 6) is 0. The van der Waals surface area contributed by atoms with Gasteiger partial charge in [-0.05, 0) is 0 Å². The first-order chi connectivity index (χ1) is 3.27. The molecule has 0 aliphatic rings. The van der Waals surface area contributed by atoms with Crippen LogP contribution in [0.25, 0.3) is 0 Å². The lowest BCUT2D eigenvalue weighted by Crippen LogP contribution is -1.82. The fourth-order valence-corrected chi connectivity index (χ4v) is 0.434. The Morgan fingerprint density at radius 2 is 2.29 bits per heavy atom. The van der Waals surface area contributed by atoms with Crippen molar-refractivity contribution in [3.05, 3.63) is 6.92 Å². The quantitative estimate of drug-likeness (QED) is 0.437. The van der Waals surface area contributed by atoms with Gasteiger partial charge in [-0.3, -0.25) is 4.79 Å². The molecule has 1 nitrogen and oxygen atoms in total. The number of rotatable bonds is 3. The maximum atomic E-state index is 10.0. The van der Waals surface area contributed by atoms with Crippen LogP contribution in [0, 0.1) is 6.92 Å². The van der Waals surface area contributed by atoms with Crippen molar-refractivity contribution >= 4 is 17.7 Å². The summed E-state index contributed by atoms with van der Waals surface area (Å²) in [7, 11) is 0. The summed E-state index contributed by atoms with van der Waals surface area (Å²) < 4.78 is 0. The van der Waals surface area contributed by atoms with E-state index in [9.17, 15) is 4.79 Å². The largest absolute Gasteiger partial charge is 0.343 e. The molecule has 0 aromatic rings. The van der Waals surface area contributed by atoms with Gasteiger partial charge in [0.15, 0.2) is 5.12 Å². The van der Waals surface area contributed by atoms with E-state index < -0.39 is 0 Å². The average molecular weight is 117 g/mol. The maximum Gasteiger partial charge on any atom is 0.185 e. The summed E-state index contributed by atoms with van der Waals surface area (Å²) >= 11 is 3.57. The SMILES string of the molecule is [CH2-]CCCC(=O)S.